The number of hydrogen-bond acceptors (Lipinski definition) is 4. The smallest absolute Gasteiger partial charge is 0.257 e. The number of anilines is 1. The summed E-state index contributed by atoms with van der Waals surface area (Å²) in [4.78, 5) is 14.3. The number of likely N-dealkylation sites (N-methyl/N-ethyl adjacent to an activating group) is 1. The van der Waals surface area contributed by atoms with Crippen molar-refractivity contribution in [3.63, 3.8) is 0 Å². The summed E-state index contributed by atoms with van der Waals surface area (Å²) in [7, 11) is 3.55. The molecule has 0 heterocycles. The van der Waals surface area contributed by atoms with Gasteiger partial charge in [0.15, 0.2) is 0 Å². The normalized spacial score (nSPS) is 10.8. The van der Waals surface area contributed by atoms with Gasteiger partial charge >= 0.3 is 0 Å². The minimum Gasteiger partial charge on any atom is -0.496 e. The molecule has 0 aliphatic rings. The molecule has 1 rings (SSSR count). The van der Waals surface area contributed by atoms with E-state index in [1.807, 2.05) is 7.05 Å². The highest BCUT2D eigenvalue weighted by molar-refractivity contribution is 6.01. The summed E-state index contributed by atoms with van der Waals surface area (Å²) in [5.41, 5.74) is 6.65. The molecule has 0 bridgehead atoms. The Hall–Kier alpha value is -1.75. The minimum atomic E-state index is -0.202. The number of nitrogen functional groups attached to an aromatic ring is 1. The van der Waals surface area contributed by atoms with E-state index in [-0.39, 0.29) is 5.91 Å². The lowest BCUT2D eigenvalue weighted by Gasteiger charge is -2.21. The molecule has 0 radical (unpaired) electrons. The van der Waals surface area contributed by atoms with Gasteiger partial charge < -0.3 is 20.7 Å². The zero-order chi connectivity index (χ0) is 14.4. The summed E-state index contributed by atoms with van der Waals surface area (Å²) in [5, 5.41) is 2.86. The van der Waals surface area contributed by atoms with Crippen molar-refractivity contribution in [3.05, 3.63) is 23.8 Å². The van der Waals surface area contributed by atoms with Crippen LogP contribution in [0.4, 0.5) is 5.69 Å². The van der Waals surface area contributed by atoms with E-state index in [2.05, 4.69) is 24.1 Å². The van der Waals surface area contributed by atoms with Crippen molar-refractivity contribution in [2.45, 2.75) is 19.9 Å². The van der Waals surface area contributed by atoms with Gasteiger partial charge in [0.2, 0.25) is 0 Å². The van der Waals surface area contributed by atoms with Crippen molar-refractivity contribution in [2.75, 3.05) is 33.0 Å². The monoisotopic (exact) mass is 265 g/mol. The van der Waals surface area contributed by atoms with Crippen LogP contribution in [0.5, 0.6) is 5.75 Å². The predicted octanol–water partition coefficient (Wildman–Crippen LogP) is 1.35. The van der Waals surface area contributed by atoms with Crippen molar-refractivity contribution in [3.8, 4) is 5.75 Å². The van der Waals surface area contributed by atoms with Crippen LogP contribution in [0.1, 0.15) is 24.2 Å². The van der Waals surface area contributed by atoms with E-state index in [1.165, 1.54) is 7.11 Å². The highest BCUT2D eigenvalue weighted by atomic mass is 16.5. The van der Waals surface area contributed by atoms with Crippen LogP contribution >= 0.6 is 0 Å². The Morgan fingerprint density at radius 1 is 1.47 bits per heavy atom. The predicted molar refractivity (Wildman–Crippen MR) is 77.5 cm³/mol. The second kappa shape index (κ2) is 6.99. The van der Waals surface area contributed by atoms with E-state index in [4.69, 9.17) is 10.5 Å². The molecule has 106 valence electrons. The molecule has 0 saturated carbocycles. The minimum absolute atomic E-state index is 0.202. The molecule has 0 saturated heterocycles. The SMILES string of the molecule is COc1cccc(N)c1C(=O)NCCN(C)C(C)C. The number of nitrogens with zero attached hydrogens (tertiary/aromatic N) is 1. The van der Waals surface area contributed by atoms with Crippen LogP contribution in [0.25, 0.3) is 0 Å². The topological polar surface area (TPSA) is 67.6 Å². The molecule has 3 N–H and O–H groups in total. The third-order valence-electron chi connectivity index (χ3n) is 3.14. The van der Waals surface area contributed by atoms with Gasteiger partial charge in [0.05, 0.1) is 7.11 Å². The van der Waals surface area contributed by atoms with Gasteiger partial charge in [-0.05, 0) is 33.0 Å². The third-order valence-corrected chi connectivity index (χ3v) is 3.14. The summed E-state index contributed by atoms with van der Waals surface area (Å²) in [5.74, 6) is 0.293. The van der Waals surface area contributed by atoms with Gasteiger partial charge in [0.1, 0.15) is 11.3 Å². The number of carbonyl (C=O) groups excluding carboxylic acids is 1. The molecule has 1 aromatic carbocycles. The van der Waals surface area contributed by atoms with Gasteiger partial charge in [0.25, 0.3) is 5.91 Å². The van der Waals surface area contributed by atoms with Gasteiger partial charge in [0, 0.05) is 24.8 Å². The highest BCUT2D eigenvalue weighted by Crippen LogP contribution is 2.23. The fourth-order valence-corrected chi connectivity index (χ4v) is 1.65. The molecule has 1 amide bonds. The number of nitrogens with two attached hydrogens (primary N) is 1. The maximum absolute atomic E-state index is 12.1. The van der Waals surface area contributed by atoms with E-state index in [0.29, 0.717) is 29.6 Å². The van der Waals surface area contributed by atoms with Gasteiger partial charge in [-0.1, -0.05) is 6.07 Å². The lowest BCUT2D eigenvalue weighted by molar-refractivity contribution is 0.0946. The highest BCUT2D eigenvalue weighted by Gasteiger charge is 2.15. The third kappa shape index (κ3) is 4.13. The lowest BCUT2D eigenvalue weighted by atomic mass is 10.1. The van der Waals surface area contributed by atoms with Crippen LogP contribution < -0.4 is 15.8 Å². The lowest BCUT2D eigenvalue weighted by Crippen LogP contribution is -2.36. The summed E-state index contributed by atoms with van der Waals surface area (Å²) >= 11 is 0. The molecule has 0 aliphatic carbocycles. The van der Waals surface area contributed by atoms with Crippen molar-refractivity contribution >= 4 is 11.6 Å². The average molecular weight is 265 g/mol. The number of carbonyl (C=O) groups is 1. The maximum atomic E-state index is 12.1. The van der Waals surface area contributed by atoms with E-state index < -0.39 is 0 Å². The van der Waals surface area contributed by atoms with Crippen molar-refractivity contribution in [1.82, 2.24) is 10.2 Å². The number of benzene rings is 1. The molecule has 19 heavy (non-hydrogen) atoms. The van der Waals surface area contributed by atoms with Crippen LogP contribution in [0.3, 0.4) is 0 Å². The molecule has 0 fully saturated rings. The van der Waals surface area contributed by atoms with Crippen LogP contribution in [0, 0.1) is 0 Å². The summed E-state index contributed by atoms with van der Waals surface area (Å²) in [6.45, 7) is 5.59. The molecule has 0 spiro atoms. The first-order valence-corrected chi connectivity index (χ1v) is 6.38. The van der Waals surface area contributed by atoms with Crippen LogP contribution in [-0.2, 0) is 0 Å². The first-order valence-electron chi connectivity index (χ1n) is 6.38. The molecular weight excluding hydrogens is 242 g/mol. The molecule has 1 aromatic rings. The van der Waals surface area contributed by atoms with Gasteiger partial charge in [-0.2, -0.15) is 0 Å². The van der Waals surface area contributed by atoms with E-state index in [1.54, 1.807) is 18.2 Å². The second-order valence-electron chi connectivity index (χ2n) is 4.75. The fourth-order valence-electron chi connectivity index (χ4n) is 1.65. The molecule has 5 nitrogen and oxygen atoms in total. The standard InChI is InChI=1S/C14H23N3O2/c1-10(2)17(3)9-8-16-14(18)13-11(15)6-5-7-12(13)19-4/h5-7,10H,8-9,15H2,1-4H3,(H,16,18). The number of hydrogen-bond donors (Lipinski definition) is 2. The summed E-state index contributed by atoms with van der Waals surface area (Å²) in [6.07, 6.45) is 0. The van der Waals surface area contributed by atoms with Crippen molar-refractivity contribution in [1.29, 1.82) is 0 Å². The number of methoxy groups -OCH3 is 1. The Balaban J connectivity index is 2.64. The van der Waals surface area contributed by atoms with Gasteiger partial charge in [-0.3, -0.25) is 4.79 Å². The van der Waals surface area contributed by atoms with Gasteiger partial charge in [-0.25, -0.2) is 0 Å². The fraction of sp³-hybridized carbons (Fsp3) is 0.500. The van der Waals surface area contributed by atoms with E-state index in [0.717, 1.165) is 6.54 Å². The Kier molecular flexibility index (Phi) is 5.63. The van der Waals surface area contributed by atoms with Crippen molar-refractivity contribution in [2.24, 2.45) is 0 Å². The average Bonchev–Trinajstić information content (AvgIpc) is 2.37. The Morgan fingerprint density at radius 3 is 2.74 bits per heavy atom. The number of rotatable bonds is 6. The Labute approximate surface area is 114 Å². The molecule has 5 heteroatoms. The second-order valence-corrected chi connectivity index (χ2v) is 4.75. The van der Waals surface area contributed by atoms with Crippen LogP contribution in [0.15, 0.2) is 18.2 Å². The van der Waals surface area contributed by atoms with E-state index >= 15 is 0 Å². The summed E-state index contributed by atoms with van der Waals surface area (Å²) in [6, 6.07) is 5.63. The van der Waals surface area contributed by atoms with E-state index in [9.17, 15) is 4.79 Å². The summed E-state index contributed by atoms with van der Waals surface area (Å²) < 4.78 is 5.16. The Morgan fingerprint density at radius 2 is 2.16 bits per heavy atom. The zero-order valence-corrected chi connectivity index (χ0v) is 12.1. The number of amides is 1. The van der Waals surface area contributed by atoms with Gasteiger partial charge in [-0.15, -0.1) is 0 Å². The molecule has 0 aliphatic heterocycles. The first-order chi connectivity index (χ1) is 8.97. The quantitative estimate of drug-likeness (QED) is 0.762. The molecule has 0 atom stereocenters. The molecule has 0 unspecified atom stereocenters. The number of nitrogens with one attached hydrogen (secondary N) is 1. The maximum Gasteiger partial charge on any atom is 0.257 e. The first kappa shape index (κ1) is 15.3. The molecule has 0 aromatic heterocycles. The van der Waals surface area contributed by atoms with Crippen molar-refractivity contribution < 1.29 is 9.53 Å². The zero-order valence-electron chi connectivity index (χ0n) is 12.1. The van der Waals surface area contributed by atoms with Crippen LogP contribution in [-0.4, -0.2) is 44.1 Å². The molecular formula is C14H23N3O2. The van der Waals surface area contributed by atoms with Crippen LogP contribution in [0.2, 0.25) is 0 Å². The Bertz CT molecular complexity index is 433. The largest absolute Gasteiger partial charge is 0.496 e. The number of ether oxygens (including phenoxy) is 1.